The SMILES string of the molecule is CN(CCCCNc1nc(N2CCCCCC2)c2sccc2n1)C1CCCCC1. The minimum absolute atomic E-state index is 0.802. The second-order valence-corrected chi connectivity index (χ2v) is 9.73. The third-order valence-electron chi connectivity index (χ3n) is 6.61. The quantitative estimate of drug-likeness (QED) is 0.574. The molecule has 1 aliphatic heterocycles. The minimum atomic E-state index is 0.802. The van der Waals surface area contributed by atoms with E-state index in [9.17, 15) is 0 Å². The van der Waals surface area contributed by atoms with Gasteiger partial charge < -0.3 is 15.1 Å². The van der Waals surface area contributed by atoms with Crippen molar-refractivity contribution in [2.24, 2.45) is 0 Å². The van der Waals surface area contributed by atoms with Gasteiger partial charge in [-0.25, -0.2) is 4.98 Å². The maximum atomic E-state index is 4.95. The molecule has 2 aliphatic rings. The number of anilines is 2. The molecule has 160 valence electrons. The van der Waals surface area contributed by atoms with Crippen LogP contribution in [0.2, 0.25) is 0 Å². The van der Waals surface area contributed by atoms with Gasteiger partial charge in [0, 0.05) is 25.7 Å². The topological polar surface area (TPSA) is 44.3 Å². The lowest BCUT2D eigenvalue weighted by Gasteiger charge is -2.31. The Hall–Kier alpha value is -1.40. The third-order valence-corrected chi connectivity index (χ3v) is 7.51. The summed E-state index contributed by atoms with van der Waals surface area (Å²) in [4.78, 5) is 14.8. The molecule has 2 aromatic heterocycles. The van der Waals surface area contributed by atoms with E-state index in [4.69, 9.17) is 9.97 Å². The van der Waals surface area contributed by atoms with Gasteiger partial charge >= 0.3 is 0 Å². The molecule has 0 spiro atoms. The van der Waals surface area contributed by atoms with E-state index in [1.54, 1.807) is 11.3 Å². The number of aromatic nitrogens is 2. The molecule has 0 bridgehead atoms. The number of thiophene rings is 1. The van der Waals surface area contributed by atoms with Gasteiger partial charge in [-0.05, 0) is 63.6 Å². The van der Waals surface area contributed by atoms with Crippen LogP contribution in [0, 0.1) is 0 Å². The summed E-state index contributed by atoms with van der Waals surface area (Å²) in [6.45, 7) is 4.40. The van der Waals surface area contributed by atoms with E-state index in [1.165, 1.54) is 81.9 Å². The van der Waals surface area contributed by atoms with Crippen LogP contribution in [-0.4, -0.2) is 54.1 Å². The van der Waals surface area contributed by atoms with Crippen LogP contribution in [0.15, 0.2) is 11.4 Å². The van der Waals surface area contributed by atoms with Gasteiger partial charge in [-0.2, -0.15) is 4.98 Å². The van der Waals surface area contributed by atoms with Gasteiger partial charge in [0.15, 0.2) is 5.82 Å². The molecule has 6 heteroatoms. The van der Waals surface area contributed by atoms with Gasteiger partial charge in [0.1, 0.15) is 0 Å². The molecule has 29 heavy (non-hydrogen) atoms. The molecule has 0 aromatic carbocycles. The van der Waals surface area contributed by atoms with E-state index in [0.717, 1.165) is 43.0 Å². The second kappa shape index (κ2) is 10.6. The van der Waals surface area contributed by atoms with Crippen molar-refractivity contribution in [2.45, 2.75) is 76.7 Å². The van der Waals surface area contributed by atoms with Crippen molar-refractivity contribution in [3.63, 3.8) is 0 Å². The van der Waals surface area contributed by atoms with Crippen molar-refractivity contribution < 1.29 is 0 Å². The Morgan fingerprint density at radius 3 is 2.59 bits per heavy atom. The highest BCUT2D eigenvalue weighted by atomic mass is 32.1. The highest BCUT2D eigenvalue weighted by molar-refractivity contribution is 7.17. The fourth-order valence-electron chi connectivity index (χ4n) is 4.81. The van der Waals surface area contributed by atoms with Crippen LogP contribution in [0.1, 0.15) is 70.6 Å². The summed E-state index contributed by atoms with van der Waals surface area (Å²) in [6.07, 6.45) is 14.7. The number of fused-ring (bicyclic) bond motifs is 1. The standard InChI is InChI=1S/C23H37N5S/c1-27(19-11-5-4-6-12-19)15-10-7-14-24-23-25-20-13-18-29-21(20)22(26-23)28-16-8-2-3-9-17-28/h13,18-19H,2-12,14-17H2,1H3,(H,24,25,26). The minimum Gasteiger partial charge on any atom is -0.355 e. The van der Waals surface area contributed by atoms with Gasteiger partial charge in [0.25, 0.3) is 0 Å². The van der Waals surface area contributed by atoms with E-state index < -0.39 is 0 Å². The van der Waals surface area contributed by atoms with Crippen molar-refractivity contribution in [3.8, 4) is 0 Å². The van der Waals surface area contributed by atoms with Crippen LogP contribution in [0.25, 0.3) is 10.2 Å². The lowest BCUT2D eigenvalue weighted by molar-refractivity contribution is 0.189. The number of hydrogen-bond acceptors (Lipinski definition) is 6. The summed E-state index contributed by atoms with van der Waals surface area (Å²) < 4.78 is 1.24. The molecule has 0 atom stereocenters. The summed E-state index contributed by atoms with van der Waals surface area (Å²) in [5.41, 5.74) is 1.09. The first kappa shape index (κ1) is 20.9. The monoisotopic (exact) mass is 415 g/mol. The molecule has 2 aromatic rings. The molecule has 5 nitrogen and oxygen atoms in total. The van der Waals surface area contributed by atoms with Crippen LogP contribution in [0.5, 0.6) is 0 Å². The highest BCUT2D eigenvalue weighted by Gasteiger charge is 2.18. The Morgan fingerprint density at radius 1 is 1.03 bits per heavy atom. The predicted molar refractivity (Wildman–Crippen MR) is 125 cm³/mol. The van der Waals surface area contributed by atoms with Gasteiger partial charge in [0.2, 0.25) is 5.95 Å². The summed E-state index contributed by atoms with van der Waals surface area (Å²) >= 11 is 1.77. The number of nitrogens with zero attached hydrogens (tertiary/aromatic N) is 4. The number of nitrogens with one attached hydrogen (secondary N) is 1. The van der Waals surface area contributed by atoms with Crippen LogP contribution < -0.4 is 10.2 Å². The molecule has 1 N–H and O–H groups in total. The van der Waals surface area contributed by atoms with Crippen molar-refractivity contribution in [2.75, 3.05) is 43.4 Å². The number of hydrogen-bond donors (Lipinski definition) is 1. The first-order chi connectivity index (χ1) is 14.3. The smallest absolute Gasteiger partial charge is 0.225 e. The molecule has 3 heterocycles. The Kier molecular flexibility index (Phi) is 7.61. The lowest BCUT2D eigenvalue weighted by Crippen LogP contribution is -2.34. The van der Waals surface area contributed by atoms with Crippen molar-refractivity contribution in [1.29, 1.82) is 0 Å². The maximum Gasteiger partial charge on any atom is 0.225 e. The molecule has 0 amide bonds. The van der Waals surface area contributed by atoms with Crippen LogP contribution >= 0.6 is 11.3 Å². The zero-order chi connectivity index (χ0) is 19.9. The van der Waals surface area contributed by atoms with Crippen LogP contribution in [0.3, 0.4) is 0 Å². The molecule has 1 saturated carbocycles. The second-order valence-electron chi connectivity index (χ2n) is 8.81. The van der Waals surface area contributed by atoms with E-state index >= 15 is 0 Å². The third kappa shape index (κ3) is 5.60. The fraction of sp³-hybridized carbons (Fsp3) is 0.739. The van der Waals surface area contributed by atoms with Crippen molar-refractivity contribution >= 4 is 33.3 Å². The summed E-state index contributed by atoms with van der Waals surface area (Å²) in [5, 5.41) is 5.66. The molecule has 1 saturated heterocycles. The summed E-state index contributed by atoms with van der Waals surface area (Å²) in [5.74, 6) is 1.95. The maximum absolute atomic E-state index is 4.95. The van der Waals surface area contributed by atoms with Gasteiger partial charge in [-0.3, -0.25) is 0 Å². The molecule has 2 fully saturated rings. The molecule has 4 rings (SSSR count). The van der Waals surface area contributed by atoms with Crippen molar-refractivity contribution in [3.05, 3.63) is 11.4 Å². The Morgan fingerprint density at radius 2 is 1.79 bits per heavy atom. The zero-order valence-corrected chi connectivity index (χ0v) is 18.9. The van der Waals surface area contributed by atoms with Crippen molar-refractivity contribution in [1.82, 2.24) is 14.9 Å². The molecule has 1 aliphatic carbocycles. The van der Waals surface area contributed by atoms with E-state index in [2.05, 4.69) is 33.6 Å². The fourth-order valence-corrected chi connectivity index (χ4v) is 5.66. The number of unbranched alkanes of at least 4 members (excludes halogenated alkanes) is 1. The normalized spacial score (nSPS) is 19.0. The van der Waals surface area contributed by atoms with Crippen LogP contribution in [0.4, 0.5) is 11.8 Å². The number of rotatable bonds is 8. The lowest BCUT2D eigenvalue weighted by atomic mass is 9.94. The first-order valence-corrected chi connectivity index (χ1v) is 12.6. The van der Waals surface area contributed by atoms with E-state index in [0.29, 0.717) is 0 Å². The summed E-state index contributed by atoms with van der Waals surface area (Å²) in [7, 11) is 2.31. The predicted octanol–water partition coefficient (Wildman–Crippen LogP) is 5.53. The van der Waals surface area contributed by atoms with Crippen LogP contribution in [-0.2, 0) is 0 Å². The average molecular weight is 416 g/mol. The van der Waals surface area contributed by atoms with E-state index in [1.807, 2.05) is 0 Å². The molecule has 0 unspecified atom stereocenters. The molecule has 0 radical (unpaired) electrons. The Labute approximate surface area is 179 Å². The Bertz CT molecular complexity index is 747. The Balaban J connectivity index is 1.30. The average Bonchev–Trinajstić information content (AvgIpc) is 3.06. The van der Waals surface area contributed by atoms with Gasteiger partial charge in [-0.1, -0.05) is 32.1 Å². The van der Waals surface area contributed by atoms with Gasteiger partial charge in [-0.15, -0.1) is 11.3 Å². The molecular formula is C23H37N5S. The first-order valence-electron chi connectivity index (χ1n) is 11.8. The highest BCUT2D eigenvalue weighted by Crippen LogP contribution is 2.31. The molecular weight excluding hydrogens is 378 g/mol. The zero-order valence-electron chi connectivity index (χ0n) is 18.0. The van der Waals surface area contributed by atoms with Gasteiger partial charge in [0.05, 0.1) is 10.2 Å². The summed E-state index contributed by atoms with van der Waals surface area (Å²) in [6, 6.07) is 2.95. The largest absolute Gasteiger partial charge is 0.355 e. The van der Waals surface area contributed by atoms with E-state index in [-0.39, 0.29) is 0 Å².